The number of likely N-dealkylation sites (tertiary alicyclic amines) is 1. The van der Waals surface area contributed by atoms with Crippen molar-refractivity contribution in [2.45, 2.75) is 33.1 Å². The molecule has 1 amide bonds. The number of fused-ring (bicyclic) bond motifs is 1. The molecule has 1 N–H and O–H groups in total. The third kappa shape index (κ3) is 5.25. The van der Waals surface area contributed by atoms with E-state index in [1.165, 1.54) is 11.1 Å². The third-order valence-electron chi connectivity index (χ3n) is 5.68. The maximum absolute atomic E-state index is 12.6. The van der Waals surface area contributed by atoms with Crippen LogP contribution in [0.3, 0.4) is 0 Å². The predicted molar refractivity (Wildman–Crippen MR) is 116 cm³/mol. The first-order valence-electron chi connectivity index (χ1n) is 10.7. The van der Waals surface area contributed by atoms with E-state index in [4.69, 9.17) is 14.2 Å². The normalized spacial score (nSPS) is 16.5. The van der Waals surface area contributed by atoms with Crippen LogP contribution in [0.1, 0.15) is 30.4 Å². The van der Waals surface area contributed by atoms with Crippen LogP contribution in [0.25, 0.3) is 0 Å². The van der Waals surface area contributed by atoms with Crippen LogP contribution in [0, 0.1) is 19.8 Å². The van der Waals surface area contributed by atoms with Gasteiger partial charge in [0, 0.05) is 24.2 Å². The summed E-state index contributed by atoms with van der Waals surface area (Å²) >= 11 is 0. The highest BCUT2D eigenvalue weighted by Gasteiger charge is 2.25. The van der Waals surface area contributed by atoms with Gasteiger partial charge in [0.2, 0.25) is 12.7 Å². The van der Waals surface area contributed by atoms with E-state index < -0.39 is 0 Å². The largest absolute Gasteiger partial charge is 0.494 e. The molecule has 2 aliphatic heterocycles. The summed E-state index contributed by atoms with van der Waals surface area (Å²) in [6.07, 6.45) is 2.75. The summed E-state index contributed by atoms with van der Waals surface area (Å²) in [6.45, 7) is 8.03. The molecular formula is C24H30N2O4. The molecule has 6 heteroatoms. The van der Waals surface area contributed by atoms with E-state index in [2.05, 4.69) is 42.3 Å². The van der Waals surface area contributed by atoms with E-state index in [0.717, 1.165) is 56.1 Å². The Morgan fingerprint density at radius 2 is 1.80 bits per heavy atom. The van der Waals surface area contributed by atoms with Gasteiger partial charge in [-0.3, -0.25) is 4.79 Å². The summed E-state index contributed by atoms with van der Waals surface area (Å²) in [7, 11) is 0. The molecule has 1 saturated heterocycles. The number of carbonyl (C=O) groups excluding carboxylic acids is 1. The lowest BCUT2D eigenvalue weighted by molar-refractivity contribution is -0.121. The third-order valence-corrected chi connectivity index (χ3v) is 5.68. The molecule has 0 spiro atoms. The van der Waals surface area contributed by atoms with Crippen molar-refractivity contribution in [1.82, 2.24) is 4.90 Å². The summed E-state index contributed by atoms with van der Waals surface area (Å²) in [4.78, 5) is 15.1. The zero-order valence-electron chi connectivity index (χ0n) is 17.8. The lowest BCUT2D eigenvalue weighted by Gasteiger charge is -2.31. The summed E-state index contributed by atoms with van der Waals surface area (Å²) in [6, 6.07) is 11.8. The molecule has 0 aliphatic carbocycles. The maximum Gasteiger partial charge on any atom is 0.231 e. The minimum absolute atomic E-state index is 0.0539. The van der Waals surface area contributed by atoms with E-state index in [-0.39, 0.29) is 18.6 Å². The molecule has 2 aliphatic rings. The van der Waals surface area contributed by atoms with Crippen LogP contribution in [0.4, 0.5) is 5.69 Å². The molecule has 0 bridgehead atoms. The Morgan fingerprint density at radius 3 is 2.57 bits per heavy atom. The van der Waals surface area contributed by atoms with E-state index in [0.29, 0.717) is 12.4 Å². The van der Waals surface area contributed by atoms with Crippen LogP contribution < -0.4 is 19.5 Å². The number of carbonyl (C=O) groups is 1. The van der Waals surface area contributed by atoms with Gasteiger partial charge in [0.15, 0.2) is 11.5 Å². The van der Waals surface area contributed by atoms with Gasteiger partial charge in [-0.25, -0.2) is 0 Å². The lowest BCUT2D eigenvalue weighted by Crippen LogP contribution is -2.38. The lowest BCUT2D eigenvalue weighted by atomic mass is 9.95. The molecule has 1 fully saturated rings. The number of benzene rings is 2. The number of aryl methyl sites for hydroxylation is 2. The topological polar surface area (TPSA) is 60.0 Å². The fraction of sp³-hybridized carbons (Fsp3) is 0.458. The summed E-state index contributed by atoms with van der Waals surface area (Å²) in [5.74, 6) is 2.50. The number of piperidine rings is 1. The quantitative estimate of drug-likeness (QED) is 0.695. The van der Waals surface area contributed by atoms with Gasteiger partial charge in [-0.15, -0.1) is 0 Å². The molecule has 160 valence electrons. The second kappa shape index (κ2) is 9.39. The second-order valence-corrected chi connectivity index (χ2v) is 8.20. The summed E-state index contributed by atoms with van der Waals surface area (Å²) in [5, 5.41) is 3.02. The van der Waals surface area contributed by atoms with Gasteiger partial charge in [0.25, 0.3) is 0 Å². The van der Waals surface area contributed by atoms with Crippen molar-refractivity contribution in [1.29, 1.82) is 0 Å². The van der Waals surface area contributed by atoms with E-state index in [1.54, 1.807) is 0 Å². The molecule has 0 radical (unpaired) electrons. The van der Waals surface area contributed by atoms with Gasteiger partial charge in [-0.1, -0.05) is 6.07 Å². The average Bonchev–Trinajstić information content (AvgIpc) is 3.19. The van der Waals surface area contributed by atoms with Crippen molar-refractivity contribution >= 4 is 11.6 Å². The fourth-order valence-electron chi connectivity index (χ4n) is 4.13. The monoisotopic (exact) mass is 410 g/mol. The van der Waals surface area contributed by atoms with Crippen LogP contribution in [0.15, 0.2) is 36.4 Å². The molecule has 2 heterocycles. The molecule has 0 saturated carbocycles. The van der Waals surface area contributed by atoms with E-state index in [1.807, 2.05) is 18.2 Å². The first-order chi connectivity index (χ1) is 14.6. The Kier molecular flexibility index (Phi) is 6.43. The number of hydrogen-bond donors (Lipinski definition) is 1. The van der Waals surface area contributed by atoms with Crippen LogP contribution >= 0.6 is 0 Å². The molecule has 2 aromatic carbocycles. The number of ether oxygens (including phenoxy) is 3. The number of anilines is 1. The van der Waals surface area contributed by atoms with Gasteiger partial charge in [0.05, 0.1) is 6.61 Å². The van der Waals surface area contributed by atoms with Gasteiger partial charge in [-0.05, 0) is 81.6 Å². The van der Waals surface area contributed by atoms with E-state index >= 15 is 0 Å². The van der Waals surface area contributed by atoms with Gasteiger partial charge in [-0.2, -0.15) is 0 Å². The number of nitrogens with zero attached hydrogens (tertiary/aromatic N) is 1. The van der Waals surface area contributed by atoms with Crippen molar-refractivity contribution in [2.24, 2.45) is 5.92 Å². The Labute approximate surface area is 178 Å². The Bertz CT molecular complexity index is 871. The molecule has 4 rings (SSSR count). The van der Waals surface area contributed by atoms with Crippen LogP contribution in [-0.4, -0.2) is 43.8 Å². The van der Waals surface area contributed by atoms with E-state index in [9.17, 15) is 4.79 Å². The van der Waals surface area contributed by atoms with Gasteiger partial charge < -0.3 is 24.4 Å². The number of nitrogens with one attached hydrogen (secondary N) is 1. The Hall–Kier alpha value is -2.73. The molecule has 30 heavy (non-hydrogen) atoms. The molecule has 0 unspecified atom stereocenters. The highest BCUT2D eigenvalue weighted by molar-refractivity contribution is 5.93. The average molecular weight is 411 g/mol. The predicted octanol–water partition coefficient (Wildman–Crippen LogP) is 4.15. The minimum Gasteiger partial charge on any atom is -0.494 e. The molecule has 2 aromatic rings. The first-order valence-corrected chi connectivity index (χ1v) is 10.7. The highest BCUT2D eigenvalue weighted by Crippen LogP contribution is 2.34. The zero-order chi connectivity index (χ0) is 20.9. The minimum atomic E-state index is 0.0539. The van der Waals surface area contributed by atoms with Gasteiger partial charge >= 0.3 is 0 Å². The first kappa shape index (κ1) is 20.5. The second-order valence-electron chi connectivity index (χ2n) is 8.20. The Balaban J connectivity index is 1.16. The molecule has 6 nitrogen and oxygen atoms in total. The fourth-order valence-corrected chi connectivity index (χ4v) is 4.13. The van der Waals surface area contributed by atoms with Crippen molar-refractivity contribution in [2.75, 3.05) is 38.4 Å². The van der Waals surface area contributed by atoms with Crippen LogP contribution in [0.5, 0.6) is 17.2 Å². The number of rotatable bonds is 7. The van der Waals surface area contributed by atoms with Gasteiger partial charge in [0.1, 0.15) is 5.75 Å². The molecule has 0 aromatic heterocycles. The maximum atomic E-state index is 12.6. The van der Waals surface area contributed by atoms with Crippen LogP contribution in [-0.2, 0) is 4.79 Å². The summed E-state index contributed by atoms with van der Waals surface area (Å²) < 4.78 is 16.6. The van der Waals surface area contributed by atoms with Crippen molar-refractivity contribution in [3.63, 3.8) is 0 Å². The SMILES string of the molecule is Cc1cc(C)cc(OCCCN2CCC(C(=O)Nc3ccc4c(c3)OCO4)CC2)c1. The molecule has 0 atom stereocenters. The zero-order valence-corrected chi connectivity index (χ0v) is 17.8. The highest BCUT2D eigenvalue weighted by atomic mass is 16.7. The Morgan fingerprint density at radius 1 is 1.07 bits per heavy atom. The number of hydrogen-bond acceptors (Lipinski definition) is 5. The molecular weight excluding hydrogens is 380 g/mol. The van der Waals surface area contributed by atoms with Crippen molar-refractivity contribution < 1.29 is 19.0 Å². The van der Waals surface area contributed by atoms with Crippen molar-refractivity contribution in [3.05, 3.63) is 47.5 Å². The summed E-state index contributed by atoms with van der Waals surface area (Å²) in [5.41, 5.74) is 3.22. The van der Waals surface area contributed by atoms with Crippen molar-refractivity contribution in [3.8, 4) is 17.2 Å². The number of amides is 1. The standard InChI is InChI=1S/C24H30N2O4/c1-17-12-18(2)14-21(13-17)28-11-3-8-26-9-6-19(7-10-26)24(27)25-20-4-5-22-23(15-20)30-16-29-22/h4-5,12-15,19H,3,6-11,16H2,1-2H3,(H,25,27). The van der Waals surface area contributed by atoms with Crippen LogP contribution in [0.2, 0.25) is 0 Å². The smallest absolute Gasteiger partial charge is 0.231 e.